The van der Waals surface area contributed by atoms with Crippen LogP contribution in [-0.2, 0) is 4.79 Å². The minimum absolute atomic E-state index is 0.239. The molecule has 2 aromatic carbocycles. The summed E-state index contributed by atoms with van der Waals surface area (Å²) in [5, 5.41) is 18.1. The lowest BCUT2D eigenvalue weighted by Crippen LogP contribution is -2.31. The van der Waals surface area contributed by atoms with Gasteiger partial charge in [-0.2, -0.15) is 4.68 Å². The van der Waals surface area contributed by atoms with Crippen molar-refractivity contribution in [2.75, 3.05) is 23.8 Å². The zero-order valence-electron chi connectivity index (χ0n) is 18.5. The second-order valence-corrected chi connectivity index (χ2v) is 7.41. The number of fused-ring (bicyclic) bond motifs is 1. The SMILES string of the molecule is CCOc1ccc(C2C(C(=O)Nc3ccc(C)cc3)=C(C)Nc3nnnn32)cc1OCC. The van der Waals surface area contributed by atoms with Crippen molar-refractivity contribution in [1.29, 1.82) is 0 Å². The Labute approximate surface area is 186 Å². The van der Waals surface area contributed by atoms with Gasteiger partial charge in [-0.3, -0.25) is 4.79 Å². The first-order chi connectivity index (χ1) is 15.5. The first kappa shape index (κ1) is 21.4. The highest BCUT2D eigenvalue weighted by atomic mass is 16.5. The van der Waals surface area contributed by atoms with E-state index in [1.807, 2.05) is 70.2 Å². The van der Waals surface area contributed by atoms with Gasteiger partial charge in [0.25, 0.3) is 5.91 Å². The topological polar surface area (TPSA) is 103 Å². The largest absolute Gasteiger partial charge is 0.490 e. The van der Waals surface area contributed by atoms with E-state index in [9.17, 15) is 4.79 Å². The van der Waals surface area contributed by atoms with Gasteiger partial charge in [-0.1, -0.05) is 28.9 Å². The molecule has 0 bridgehead atoms. The Hall–Kier alpha value is -3.88. The number of carbonyl (C=O) groups is 1. The van der Waals surface area contributed by atoms with E-state index in [2.05, 4.69) is 26.2 Å². The summed E-state index contributed by atoms with van der Waals surface area (Å²) < 4.78 is 13.1. The highest BCUT2D eigenvalue weighted by Gasteiger charge is 2.34. The molecule has 1 atom stereocenters. The molecule has 0 fully saturated rings. The molecule has 0 radical (unpaired) electrons. The molecule has 4 rings (SSSR count). The van der Waals surface area contributed by atoms with Gasteiger partial charge in [0.1, 0.15) is 6.04 Å². The van der Waals surface area contributed by atoms with Crippen molar-refractivity contribution in [2.24, 2.45) is 0 Å². The molecule has 1 aliphatic heterocycles. The summed E-state index contributed by atoms with van der Waals surface area (Å²) in [5.41, 5.74) is 3.82. The van der Waals surface area contributed by atoms with E-state index >= 15 is 0 Å². The number of benzene rings is 2. The molecule has 2 heterocycles. The number of carbonyl (C=O) groups excluding carboxylic acids is 1. The standard InChI is InChI=1S/C23H26N6O3/c1-5-31-18-12-9-16(13-19(18)32-6-2)21-20(15(4)24-23-26-27-28-29(21)23)22(30)25-17-10-7-14(3)8-11-17/h7-13,21H,5-6H2,1-4H3,(H,25,30)(H,24,26,28). The maximum atomic E-state index is 13.4. The minimum atomic E-state index is -0.540. The van der Waals surface area contributed by atoms with Crippen LogP contribution in [-0.4, -0.2) is 39.3 Å². The predicted molar refractivity (Wildman–Crippen MR) is 121 cm³/mol. The van der Waals surface area contributed by atoms with Gasteiger partial charge >= 0.3 is 0 Å². The van der Waals surface area contributed by atoms with Crippen molar-refractivity contribution >= 4 is 17.5 Å². The molecule has 1 unspecified atom stereocenters. The second-order valence-electron chi connectivity index (χ2n) is 7.41. The molecule has 0 spiro atoms. The average Bonchev–Trinajstić information content (AvgIpc) is 3.24. The number of rotatable bonds is 7. The number of hydrogen-bond donors (Lipinski definition) is 2. The predicted octanol–water partition coefficient (Wildman–Crippen LogP) is 3.71. The van der Waals surface area contributed by atoms with Crippen LogP contribution in [0, 0.1) is 6.92 Å². The summed E-state index contributed by atoms with van der Waals surface area (Å²) in [6.45, 7) is 8.68. The van der Waals surface area contributed by atoms with Gasteiger partial charge in [0.2, 0.25) is 5.95 Å². The first-order valence-corrected chi connectivity index (χ1v) is 10.5. The quantitative estimate of drug-likeness (QED) is 0.584. The van der Waals surface area contributed by atoms with E-state index in [4.69, 9.17) is 9.47 Å². The Kier molecular flexibility index (Phi) is 6.07. The summed E-state index contributed by atoms with van der Waals surface area (Å²) in [4.78, 5) is 13.4. The van der Waals surface area contributed by atoms with Crippen molar-refractivity contribution in [1.82, 2.24) is 20.2 Å². The lowest BCUT2D eigenvalue weighted by atomic mass is 9.94. The summed E-state index contributed by atoms with van der Waals surface area (Å²) in [7, 11) is 0. The zero-order chi connectivity index (χ0) is 22.7. The summed E-state index contributed by atoms with van der Waals surface area (Å²) in [5.74, 6) is 1.48. The van der Waals surface area contributed by atoms with Crippen molar-refractivity contribution in [3.8, 4) is 11.5 Å². The van der Waals surface area contributed by atoms with Gasteiger partial charge in [0.05, 0.1) is 18.8 Å². The molecule has 0 saturated carbocycles. The van der Waals surface area contributed by atoms with Crippen molar-refractivity contribution < 1.29 is 14.3 Å². The Bertz CT molecular complexity index is 1150. The second kappa shape index (κ2) is 9.09. The lowest BCUT2D eigenvalue weighted by Gasteiger charge is -2.28. The fourth-order valence-corrected chi connectivity index (χ4v) is 3.69. The number of amides is 1. The fourth-order valence-electron chi connectivity index (χ4n) is 3.69. The van der Waals surface area contributed by atoms with Crippen LogP contribution >= 0.6 is 0 Å². The number of ether oxygens (including phenoxy) is 2. The number of allylic oxidation sites excluding steroid dienone is 1. The van der Waals surface area contributed by atoms with E-state index in [-0.39, 0.29) is 5.91 Å². The molecule has 0 aliphatic carbocycles. The van der Waals surface area contributed by atoms with Crippen LogP contribution in [0.15, 0.2) is 53.7 Å². The third kappa shape index (κ3) is 4.14. The molecule has 9 nitrogen and oxygen atoms in total. The van der Waals surface area contributed by atoms with Gasteiger partial charge in [-0.15, -0.1) is 0 Å². The molecule has 2 N–H and O–H groups in total. The molecular formula is C23H26N6O3. The Balaban J connectivity index is 1.76. The monoisotopic (exact) mass is 434 g/mol. The molecule has 166 valence electrons. The van der Waals surface area contributed by atoms with Crippen molar-refractivity contribution in [3.05, 3.63) is 64.9 Å². The highest BCUT2D eigenvalue weighted by Crippen LogP contribution is 2.38. The van der Waals surface area contributed by atoms with Gasteiger partial charge in [0.15, 0.2) is 11.5 Å². The van der Waals surface area contributed by atoms with E-state index in [0.29, 0.717) is 47.6 Å². The first-order valence-electron chi connectivity index (χ1n) is 10.5. The Morgan fingerprint density at radius 2 is 1.78 bits per heavy atom. The molecule has 1 aliphatic rings. The lowest BCUT2D eigenvalue weighted by molar-refractivity contribution is -0.113. The van der Waals surface area contributed by atoms with Gasteiger partial charge < -0.3 is 20.1 Å². The average molecular weight is 435 g/mol. The normalized spacial score (nSPS) is 15.1. The van der Waals surface area contributed by atoms with Crippen LogP contribution in [0.5, 0.6) is 11.5 Å². The van der Waals surface area contributed by atoms with Crippen LogP contribution in [0.3, 0.4) is 0 Å². The van der Waals surface area contributed by atoms with Crippen LogP contribution in [0.2, 0.25) is 0 Å². The number of aromatic nitrogens is 4. The molecule has 9 heteroatoms. The Morgan fingerprint density at radius 1 is 1.06 bits per heavy atom. The van der Waals surface area contributed by atoms with Crippen LogP contribution in [0.25, 0.3) is 0 Å². The van der Waals surface area contributed by atoms with E-state index in [1.165, 1.54) is 0 Å². The van der Waals surface area contributed by atoms with E-state index in [0.717, 1.165) is 11.1 Å². The molecule has 1 amide bonds. The number of anilines is 2. The smallest absolute Gasteiger partial charge is 0.255 e. The van der Waals surface area contributed by atoms with Crippen LogP contribution in [0.4, 0.5) is 11.6 Å². The molecular weight excluding hydrogens is 408 g/mol. The number of nitrogens with one attached hydrogen (secondary N) is 2. The highest BCUT2D eigenvalue weighted by molar-refractivity contribution is 6.06. The number of nitrogens with zero attached hydrogens (tertiary/aromatic N) is 4. The zero-order valence-corrected chi connectivity index (χ0v) is 18.5. The summed E-state index contributed by atoms with van der Waals surface area (Å²) in [6, 6.07) is 12.7. The number of hydrogen-bond acceptors (Lipinski definition) is 7. The molecule has 32 heavy (non-hydrogen) atoms. The van der Waals surface area contributed by atoms with Crippen LogP contribution in [0.1, 0.15) is 37.9 Å². The van der Waals surface area contributed by atoms with Gasteiger partial charge in [0, 0.05) is 11.4 Å². The van der Waals surface area contributed by atoms with Crippen molar-refractivity contribution in [2.45, 2.75) is 33.7 Å². The third-order valence-corrected chi connectivity index (χ3v) is 5.15. The fraction of sp³-hybridized carbons (Fsp3) is 0.304. The number of aryl methyl sites for hydroxylation is 1. The molecule has 3 aromatic rings. The van der Waals surface area contributed by atoms with Gasteiger partial charge in [-0.25, -0.2) is 0 Å². The summed E-state index contributed by atoms with van der Waals surface area (Å²) in [6.07, 6.45) is 0. The van der Waals surface area contributed by atoms with Crippen LogP contribution < -0.4 is 20.1 Å². The number of tetrazole rings is 1. The van der Waals surface area contributed by atoms with E-state index in [1.54, 1.807) is 4.68 Å². The summed E-state index contributed by atoms with van der Waals surface area (Å²) >= 11 is 0. The van der Waals surface area contributed by atoms with E-state index < -0.39 is 6.04 Å². The maximum absolute atomic E-state index is 13.4. The maximum Gasteiger partial charge on any atom is 0.255 e. The Morgan fingerprint density at radius 3 is 2.50 bits per heavy atom. The molecule has 0 saturated heterocycles. The minimum Gasteiger partial charge on any atom is -0.490 e. The van der Waals surface area contributed by atoms with Crippen molar-refractivity contribution in [3.63, 3.8) is 0 Å². The molecule has 1 aromatic heterocycles. The van der Waals surface area contributed by atoms with Gasteiger partial charge in [-0.05, 0) is 68.0 Å². The third-order valence-electron chi connectivity index (χ3n) is 5.15.